The lowest BCUT2D eigenvalue weighted by molar-refractivity contribution is -0.385. The summed E-state index contributed by atoms with van der Waals surface area (Å²) in [6.45, 7) is 0. The van der Waals surface area contributed by atoms with Crippen LogP contribution in [-0.4, -0.2) is 22.8 Å². The number of nitro groups is 1. The number of hydrogen-bond donors (Lipinski definition) is 1. The molecular weight excluding hydrogens is 469 g/mol. The molecule has 0 bridgehead atoms. The molecule has 1 heterocycles. The van der Waals surface area contributed by atoms with Crippen molar-refractivity contribution in [1.82, 2.24) is 5.32 Å². The van der Waals surface area contributed by atoms with E-state index in [1.807, 2.05) is 11.4 Å². The highest BCUT2D eigenvalue weighted by Gasteiger charge is 2.38. The van der Waals surface area contributed by atoms with Gasteiger partial charge in [0.15, 0.2) is 0 Å². The second kappa shape index (κ2) is 11.2. The highest BCUT2D eigenvalue weighted by Crippen LogP contribution is 2.35. The van der Waals surface area contributed by atoms with Crippen LogP contribution in [0, 0.1) is 15.9 Å². The fourth-order valence-corrected chi connectivity index (χ4v) is 5.22. The Balaban J connectivity index is 1.82. The van der Waals surface area contributed by atoms with Gasteiger partial charge in [0.2, 0.25) is 11.8 Å². The number of amides is 2. The molecular formula is C26H26FN3O4S. The number of thiophene rings is 1. The van der Waals surface area contributed by atoms with Crippen molar-refractivity contribution in [1.29, 1.82) is 0 Å². The number of benzene rings is 2. The van der Waals surface area contributed by atoms with Gasteiger partial charge in [0, 0.05) is 22.7 Å². The standard InChI is InChI=1S/C26H26FN3O4S/c27-18-8-6-11-20(16-18)29(24(31)17-21-12-7-15-35-21)25(22-13-4-5-14-23(22)30(33)34)26(32)28-19-9-2-1-3-10-19/h4-8,11-16,19,25H,1-3,9-10,17H2,(H,28,32). The Bertz CT molecular complexity index is 1190. The van der Waals surface area contributed by atoms with Crippen LogP contribution in [0.25, 0.3) is 0 Å². The quantitative estimate of drug-likeness (QED) is 0.327. The summed E-state index contributed by atoms with van der Waals surface area (Å²) in [4.78, 5) is 40.7. The van der Waals surface area contributed by atoms with Gasteiger partial charge in [-0.15, -0.1) is 11.3 Å². The number of carbonyl (C=O) groups excluding carboxylic acids is 2. The molecule has 1 aromatic heterocycles. The smallest absolute Gasteiger partial charge is 0.275 e. The largest absolute Gasteiger partial charge is 0.351 e. The first-order valence-corrected chi connectivity index (χ1v) is 12.5. The number of halogens is 1. The Morgan fingerprint density at radius 2 is 1.86 bits per heavy atom. The summed E-state index contributed by atoms with van der Waals surface area (Å²) in [5, 5.41) is 16.7. The average Bonchev–Trinajstić information content (AvgIpc) is 3.36. The van der Waals surface area contributed by atoms with Gasteiger partial charge in [-0.1, -0.05) is 43.5 Å². The van der Waals surface area contributed by atoms with E-state index >= 15 is 0 Å². The maximum atomic E-state index is 14.3. The van der Waals surface area contributed by atoms with Crippen molar-refractivity contribution in [3.05, 3.63) is 92.4 Å². The predicted octanol–water partition coefficient (Wildman–Crippen LogP) is 5.56. The van der Waals surface area contributed by atoms with E-state index in [2.05, 4.69) is 5.32 Å². The third kappa shape index (κ3) is 5.92. The fraction of sp³-hybridized carbons (Fsp3) is 0.308. The minimum atomic E-state index is -1.34. The molecule has 182 valence electrons. The molecule has 1 atom stereocenters. The monoisotopic (exact) mass is 495 g/mol. The first-order chi connectivity index (χ1) is 16.9. The molecule has 1 aliphatic carbocycles. The molecule has 2 aromatic carbocycles. The number of rotatable bonds is 8. The summed E-state index contributed by atoms with van der Waals surface area (Å²) in [6.07, 6.45) is 4.63. The van der Waals surface area contributed by atoms with E-state index in [4.69, 9.17) is 0 Å². The molecule has 1 fully saturated rings. The number of nitrogens with one attached hydrogen (secondary N) is 1. The molecule has 9 heteroatoms. The third-order valence-electron chi connectivity index (χ3n) is 6.15. The molecule has 0 saturated heterocycles. The number of nitrogens with zero attached hydrogens (tertiary/aromatic N) is 2. The summed E-state index contributed by atoms with van der Waals surface area (Å²) in [7, 11) is 0. The van der Waals surface area contributed by atoms with Gasteiger partial charge in [-0.2, -0.15) is 0 Å². The zero-order valence-electron chi connectivity index (χ0n) is 19.1. The van der Waals surface area contributed by atoms with Crippen molar-refractivity contribution >= 4 is 34.5 Å². The van der Waals surface area contributed by atoms with Crippen molar-refractivity contribution in [2.45, 2.75) is 50.6 Å². The summed E-state index contributed by atoms with van der Waals surface area (Å²) in [5.41, 5.74) is -0.0373. The minimum Gasteiger partial charge on any atom is -0.351 e. The van der Waals surface area contributed by atoms with Crippen LogP contribution in [0.2, 0.25) is 0 Å². The van der Waals surface area contributed by atoms with E-state index in [0.717, 1.165) is 37.0 Å². The fourth-order valence-electron chi connectivity index (χ4n) is 4.52. The first kappa shape index (κ1) is 24.5. The van der Waals surface area contributed by atoms with Crippen LogP contribution in [0.4, 0.5) is 15.8 Å². The number of carbonyl (C=O) groups is 2. The molecule has 3 aromatic rings. The Kier molecular flexibility index (Phi) is 7.87. The van der Waals surface area contributed by atoms with Gasteiger partial charge < -0.3 is 5.32 Å². The molecule has 4 rings (SSSR count). The molecule has 0 spiro atoms. The Morgan fingerprint density at radius 1 is 1.09 bits per heavy atom. The van der Waals surface area contributed by atoms with Gasteiger partial charge in [0.1, 0.15) is 11.9 Å². The van der Waals surface area contributed by atoms with Crippen molar-refractivity contribution in [3.8, 4) is 0 Å². The summed E-state index contributed by atoms with van der Waals surface area (Å²) in [5.74, 6) is -1.56. The third-order valence-corrected chi connectivity index (χ3v) is 7.02. The van der Waals surface area contributed by atoms with E-state index < -0.39 is 28.6 Å². The van der Waals surface area contributed by atoms with E-state index in [0.29, 0.717) is 0 Å². The Labute approximate surface area is 206 Å². The second-order valence-electron chi connectivity index (χ2n) is 8.56. The van der Waals surface area contributed by atoms with Crippen molar-refractivity contribution < 1.29 is 18.9 Å². The summed E-state index contributed by atoms with van der Waals surface area (Å²) in [6, 6.07) is 13.5. The molecule has 7 nitrogen and oxygen atoms in total. The number of anilines is 1. The van der Waals surface area contributed by atoms with Gasteiger partial charge in [0.25, 0.3) is 5.69 Å². The van der Waals surface area contributed by atoms with Gasteiger partial charge in [0.05, 0.1) is 16.9 Å². The van der Waals surface area contributed by atoms with E-state index in [1.165, 1.54) is 58.7 Å². The van der Waals surface area contributed by atoms with Crippen LogP contribution in [0.1, 0.15) is 48.6 Å². The molecule has 35 heavy (non-hydrogen) atoms. The molecule has 0 radical (unpaired) electrons. The molecule has 1 unspecified atom stereocenters. The normalized spacial score (nSPS) is 14.8. The van der Waals surface area contributed by atoms with Crippen molar-refractivity contribution in [2.75, 3.05) is 4.90 Å². The SMILES string of the molecule is O=C(NC1CCCCC1)C(c1ccccc1[N+](=O)[O-])N(C(=O)Cc1cccs1)c1cccc(F)c1. The van der Waals surface area contributed by atoms with E-state index in [1.54, 1.807) is 12.1 Å². The first-order valence-electron chi connectivity index (χ1n) is 11.6. The molecule has 2 amide bonds. The van der Waals surface area contributed by atoms with Crippen LogP contribution in [0.15, 0.2) is 66.0 Å². The van der Waals surface area contributed by atoms with Crippen LogP contribution in [0.3, 0.4) is 0 Å². The Morgan fingerprint density at radius 3 is 2.54 bits per heavy atom. The minimum absolute atomic E-state index is 0.0258. The molecule has 1 saturated carbocycles. The van der Waals surface area contributed by atoms with E-state index in [9.17, 15) is 24.1 Å². The zero-order chi connectivity index (χ0) is 24.8. The van der Waals surface area contributed by atoms with Gasteiger partial charge >= 0.3 is 0 Å². The average molecular weight is 496 g/mol. The van der Waals surface area contributed by atoms with Crippen LogP contribution < -0.4 is 10.2 Å². The second-order valence-corrected chi connectivity index (χ2v) is 9.59. The maximum Gasteiger partial charge on any atom is 0.275 e. The molecule has 1 N–H and O–H groups in total. The van der Waals surface area contributed by atoms with Crippen molar-refractivity contribution in [3.63, 3.8) is 0 Å². The van der Waals surface area contributed by atoms with Gasteiger partial charge in [-0.3, -0.25) is 24.6 Å². The number of nitro benzene ring substituents is 1. The lowest BCUT2D eigenvalue weighted by Gasteiger charge is -2.33. The highest BCUT2D eigenvalue weighted by molar-refractivity contribution is 7.10. The topological polar surface area (TPSA) is 92.5 Å². The summed E-state index contributed by atoms with van der Waals surface area (Å²) >= 11 is 1.39. The van der Waals surface area contributed by atoms with Crippen LogP contribution in [0.5, 0.6) is 0 Å². The summed E-state index contributed by atoms with van der Waals surface area (Å²) < 4.78 is 14.3. The molecule has 1 aliphatic rings. The van der Waals surface area contributed by atoms with Crippen molar-refractivity contribution in [2.24, 2.45) is 0 Å². The maximum absolute atomic E-state index is 14.3. The zero-order valence-corrected chi connectivity index (χ0v) is 19.9. The predicted molar refractivity (Wildman–Crippen MR) is 133 cm³/mol. The lowest BCUT2D eigenvalue weighted by Crippen LogP contribution is -2.48. The van der Waals surface area contributed by atoms with Crippen LogP contribution >= 0.6 is 11.3 Å². The molecule has 0 aliphatic heterocycles. The highest BCUT2D eigenvalue weighted by atomic mass is 32.1. The van der Waals surface area contributed by atoms with Crippen LogP contribution in [-0.2, 0) is 16.0 Å². The number of hydrogen-bond acceptors (Lipinski definition) is 5. The number of para-hydroxylation sites is 1. The Hall–Kier alpha value is -3.59. The van der Waals surface area contributed by atoms with Gasteiger partial charge in [-0.25, -0.2) is 4.39 Å². The lowest BCUT2D eigenvalue weighted by atomic mass is 9.94. The van der Waals surface area contributed by atoms with E-state index in [-0.39, 0.29) is 29.4 Å². The van der Waals surface area contributed by atoms with Gasteiger partial charge in [-0.05, 0) is 48.6 Å².